The van der Waals surface area contributed by atoms with Gasteiger partial charge in [-0.2, -0.15) is 15.0 Å². The quantitative estimate of drug-likeness (QED) is 0.933. The molecule has 0 saturated heterocycles. The zero-order valence-corrected chi connectivity index (χ0v) is 10.9. The summed E-state index contributed by atoms with van der Waals surface area (Å²) >= 11 is 0. The van der Waals surface area contributed by atoms with Crippen LogP contribution in [0.3, 0.4) is 0 Å². The lowest BCUT2D eigenvalue weighted by molar-refractivity contribution is -0.274. The highest BCUT2D eigenvalue weighted by Crippen LogP contribution is 2.27. The van der Waals surface area contributed by atoms with E-state index in [-0.39, 0.29) is 23.5 Å². The minimum atomic E-state index is -4.77. The van der Waals surface area contributed by atoms with Crippen molar-refractivity contribution < 1.29 is 22.6 Å². The fourth-order valence-electron chi connectivity index (χ4n) is 1.53. The summed E-state index contributed by atoms with van der Waals surface area (Å²) in [5, 5.41) is 0. The Labute approximate surface area is 117 Å². The van der Waals surface area contributed by atoms with Crippen molar-refractivity contribution in [1.29, 1.82) is 0 Å². The first kappa shape index (κ1) is 14.8. The third kappa shape index (κ3) is 4.20. The monoisotopic (exact) mass is 300 g/mol. The average Bonchev–Trinajstić information content (AvgIpc) is 2.36. The molecule has 2 N–H and O–H groups in total. The molecule has 9 heteroatoms. The molecule has 2 rings (SSSR count). The summed E-state index contributed by atoms with van der Waals surface area (Å²) in [6.07, 6.45) is -4.77. The number of hydrogen-bond acceptors (Lipinski definition) is 6. The van der Waals surface area contributed by atoms with Gasteiger partial charge in [0.2, 0.25) is 5.95 Å². The number of nitrogen functional groups attached to an aromatic ring is 1. The molecule has 0 aliphatic heterocycles. The van der Waals surface area contributed by atoms with Crippen LogP contribution in [-0.2, 0) is 0 Å². The lowest BCUT2D eigenvalue weighted by atomic mass is 10.2. The zero-order valence-electron chi connectivity index (χ0n) is 10.9. The minimum Gasteiger partial charge on any atom is -0.464 e. The SMILES string of the molecule is CCOc1nc(N)nc(-c2cccc(OC(F)(F)F)c2)n1. The molecular formula is C12H11F3N4O2. The predicted octanol–water partition coefficient (Wildman–Crippen LogP) is 2.42. The van der Waals surface area contributed by atoms with E-state index in [1.54, 1.807) is 6.92 Å². The summed E-state index contributed by atoms with van der Waals surface area (Å²) in [5.41, 5.74) is 5.81. The number of nitrogens with zero attached hydrogens (tertiary/aromatic N) is 3. The number of anilines is 1. The molecule has 21 heavy (non-hydrogen) atoms. The maximum absolute atomic E-state index is 12.2. The molecule has 1 aromatic heterocycles. The van der Waals surface area contributed by atoms with Gasteiger partial charge in [-0.1, -0.05) is 12.1 Å². The van der Waals surface area contributed by atoms with Crippen LogP contribution >= 0.6 is 0 Å². The van der Waals surface area contributed by atoms with Crippen molar-refractivity contribution in [1.82, 2.24) is 15.0 Å². The van der Waals surface area contributed by atoms with Crippen LogP contribution in [0.25, 0.3) is 11.4 Å². The first-order valence-electron chi connectivity index (χ1n) is 5.88. The average molecular weight is 300 g/mol. The predicted molar refractivity (Wildman–Crippen MR) is 67.5 cm³/mol. The fourth-order valence-corrected chi connectivity index (χ4v) is 1.53. The Morgan fingerprint density at radius 2 is 1.95 bits per heavy atom. The van der Waals surface area contributed by atoms with E-state index in [0.717, 1.165) is 6.07 Å². The van der Waals surface area contributed by atoms with E-state index in [0.29, 0.717) is 12.2 Å². The molecule has 0 saturated carbocycles. The third-order valence-electron chi connectivity index (χ3n) is 2.23. The number of hydrogen-bond donors (Lipinski definition) is 1. The molecule has 0 spiro atoms. The second kappa shape index (κ2) is 5.81. The maximum Gasteiger partial charge on any atom is 0.573 e. The Bertz CT molecular complexity index is 634. The van der Waals surface area contributed by atoms with Gasteiger partial charge in [0.1, 0.15) is 5.75 Å². The number of ether oxygens (including phenoxy) is 2. The summed E-state index contributed by atoms with van der Waals surface area (Å²) in [5.74, 6) is -0.374. The van der Waals surface area contributed by atoms with E-state index >= 15 is 0 Å². The van der Waals surface area contributed by atoms with Crippen LogP contribution in [-0.4, -0.2) is 27.9 Å². The molecule has 0 aliphatic rings. The van der Waals surface area contributed by atoms with Crippen molar-refractivity contribution in [3.8, 4) is 23.1 Å². The smallest absolute Gasteiger partial charge is 0.464 e. The van der Waals surface area contributed by atoms with Gasteiger partial charge in [0, 0.05) is 5.56 Å². The van der Waals surface area contributed by atoms with Crippen molar-refractivity contribution in [2.24, 2.45) is 0 Å². The Hall–Kier alpha value is -2.58. The topological polar surface area (TPSA) is 83.2 Å². The summed E-state index contributed by atoms with van der Waals surface area (Å²) in [7, 11) is 0. The van der Waals surface area contributed by atoms with Gasteiger partial charge in [0.15, 0.2) is 5.82 Å². The van der Waals surface area contributed by atoms with Gasteiger partial charge in [0.05, 0.1) is 6.61 Å². The molecule has 0 atom stereocenters. The first-order valence-corrected chi connectivity index (χ1v) is 5.88. The molecule has 0 radical (unpaired) electrons. The Morgan fingerprint density at radius 3 is 2.62 bits per heavy atom. The van der Waals surface area contributed by atoms with Gasteiger partial charge in [-0.15, -0.1) is 13.2 Å². The molecule has 2 aromatic rings. The van der Waals surface area contributed by atoms with Crippen LogP contribution in [0.15, 0.2) is 24.3 Å². The van der Waals surface area contributed by atoms with Gasteiger partial charge in [0.25, 0.3) is 0 Å². The van der Waals surface area contributed by atoms with Crippen LogP contribution in [0.2, 0.25) is 0 Å². The second-order valence-electron chi connectivity index (χ2n) is 3.81. The normalized spacial score (nSPS) is 11.2. The van der Waals surface area contributed by atoms with Crippen molar-refractivity contribution in [2.45, 2.75) is 13.3 Å². The van der Waals surface area contributed by atoms with Crippen LogP contribution in [0.5, 0.6) is 11.8 Å². The van der Waals surface area contributed by atoms with Gasteiger partial charge in [-0.3, -0.25) is 0 Å². The number of aromatic nitrogens is 3. The highest BCUT2D eigenvalue weighted by Gasteiger charge is 2.31. The van der Waals surface area contributed by atoms with Crippen molar-refractivity contribution in [3.63, 3.8) is 0 Å². The summed E-state index contributed by atoms with van der Waals surface area (Å²) in [6.45, 7) is 2.05. The van der Waals surface area contributed by atoms with Crippen LogP contribution < -0.4 is 15.2 Å². The number of halogens is 3. The maximum atomic E-state index is 12.2. The Kier molecular flexibility index (Phi) is 4.10. The summed E-state index contributed by atoms with van der Waals surface area (Å²) in [6, 6.07) is 5.23. The van der Waals surface area contributed by atoms with E-state index in [4.69, 9.17) is 10.5 Å². The molecule has 6 nitrogen and oxygen atoms in total. The largest absolute Gasteiger partial charge is 0.573 e. The van der Waals surface area contributed by atoms with E-state index in [2.05, 4.69) is 19.7 Å². The van der Waals surface area contributed by atoms with E-state index in [9.17, 15) is 13.2 Å². The lowest BCUT2D eigenvalue weighted by Gasteiger charge is -2.10. The van der Waals surface area contributed by atoms with Crippen molar-refractivity contribution >= 4 is 5.95 Å². The van der Waals surface area contributed by atoms with Gasteiger partial charge in [-0.25, -0.2) is 0 Å². The van der Waals surface area contributed by atoms with Crippen LogP contribution in [0.1, 0.15) is 6.92 Å². The molecule has 0 aliphatic carbocycles. The molecule has 0 amide bonds. The Morgan fingerprint density at radius 1 is 1.19 bits per heavy atom. The number of alkyl halides is 3. The third-order valence-corrected chi connectivity index (χ3v) is 2.23. The highest BCUT2D eigenvalue weighted by atomic mass is 19.4. The first-order chi connectivity index (χ1) is 9.87. The summed E-state index contributed by atoms with van der Waals surface area (Å²) < 4.78 is 45.5. The second-order valence-corrected chi connectivity index (χ2v) is 3.81. The van der Waals surface area contributed by atoms with E-state index in [1.807, 2.05) is 0 Å². The van der Waals surface area contributed by atoms with Crippen LogP contribution in [0, 0.1) is 0 Å². The van der Waals surface area contributed by atoms with Crippen molar-refractivity contribution in [3.05, 3.63) is 24.3 Å². The fraction of sp³-hybridized carbons (Fsp3) is 0.250. The molecule has 1 aromatic carbocycles. The Balaban J connectivity index is 2.35. The number of rotatable bonds is 4. The summed E-state index contributed by atoms with van der Waals surface area (Å²) in [4.78, 5) is 11.6. The van der Waals surface area contributed by atoms with Gasteiger partial charge < -0.3 is 15.2 Å². The molecule has 0 bridgehead atoms. The highest BCUT2D eigenvalue weighted by molar-refractivity contribution is 5.58. The zero-order chi connectivity index (χ0) is 15.5. The minimum absolute atomic E-state index is 0.00198. The molecular weight excluding hydrogens is 289 g/mol. The standard InChI is InChI=1S/C12H11F3N4O2/c1-2-20-11-18-9(17-10(16)19-11)7-4-3-5-8(6-7)21-12(13,14)15/h3-6H,2H2,1H3,(H2,16,17,18,19). The van der Waals surface area contributed by atoms with Gasteiger partial charge >= 0.3 is 12.4 Å². The lowest BCUT2D eigenvalue weighted by Crippen LogP contribution is -2.17. The molecule has 1 heterocycles. The van der Waals surface area contributed by atoms with E-state index in [1.165, 1.54) is 18.2 Å². The molecule has 0 fully saturated rings. The van der Waals surface area contributed by atoms with E-state index < -0.39 is 6.36 Å². The molecule has 112 valence electrons. The molecule has 0 unspecified atom stereocenters. The van der Waals surface area contributed by atoms with Crippen LogP contribution in [0.4, 0.5) is 19.1 Å². The van der Waals surface area contributed by atoms with Crippen molar-refractivity contribution in [2.75, 3.05) is 12.3 Å². The number of benzene rings is 1. The number of nitrogens with two attached hydrogens (primary N) is 1. The van der Waals surface area contributed by atoms with Gasteiger partial charge in [-0.05, 0) is 19.1 Å².